The van der Waals surface area contributed by atoms with Crippen LogP contribution in [0.25, 0.3) is 0 Å². The minimum atomic E-state index is 0.417. The first-order chi connectivity index (χ1) is 9.72. The molecule has 108 valence electrons. The van der Waals surface area contributed by atoms with Crippen LogP contribution < -0.4 is 10.1 Å². The second-order valence-electron chi connectivity index (χ2n) is 5.08. The molecule has 1 N–H and O–H groups in total. The summed E-state index contributed by atoms with van der Waals surface area (Å²) in [6.07, 6.45) is 4.79. The Bertz CT molecular complexity index is 534. The molecule has 0 spiro atoms. The van der Waals surface area contributed by atoms with Gasteiger partial charge in [0.05, 0.1) is 30.9 Å². The lowest BCUT2D eigenvalue weighted by Crippen LogP contribution is -2.09. The van der Waals surface area contributed by atoms with Crippen LogP contribution in [0.1, 0.15) is 38.9 Å². The molecule has 2 aromatic rings. The molecule has 0 atom stereocenters. The van der Waals surface area contributed by atoms with Gasteiger partial charge in [-0.2, -0.15) is 0 Å². The summed E-state index contributed by atoms with van der Waals surface area (Å²) in [5.74, 6) is 0.907. The second-order valence-corrected chi connectivity index (χ2v) is 5.08. The molecule has 2 rings (SSSR count). The number of benzene rings is 1. The molecule has 4 nitrogen and oxygen atoms in total. The van der Waals surface area contributed by atoms with Gasteiger partial charge >= 0.3 is 0 Å². The van der Waals surface area contributed by atoms with Crippen LogP contribution in [0, 0.1) is 0 Å². The third-order valence-corrected chi connectivity index (χ3v) is 3.11. The maximum absolute atomic E-state index is 5.75. The van der Waals surface area contributed by atoms with Crippen LogP contribution in [0.5, 0.6) is 5.75 Å². The van der Waals surface area contributed by atoms with E-state index in [1.54, 1.807) is 0 Å². The third-order valence-electron chi connectivity index (χ3n) is 3.11. The van der Waals surface area contributed by atoms with Gasteiger partial charge in [0.2, 0.25) is 0 Å². The van der Waals surface area contributed by atoms with Gasteiger partial charge in [0, 0.05) is 12.2 Å². The van der Waals surface area contributed by atoms with E-state index in [1.807, 2.05) is 36.8 Å². The van der Waals surface area contributed by atoms with Crippen molar-refractivity contribution in [3.63, 3.8) is 0 Å². The van der Waals surface area contributed by atoms with Gasteiger partial charge in [0.1, 0.15) is 5.75 Å². The van der Waals surface area contributed by atoms with Crippen LogP contribution >= 0.6 is 0 Å². The highest BCUT2D eigenvalue weighted by atomic mass is 16.5. The zero-order valence-electron chi connectivity index (χ0n) is 12.5. The molecular formula is C16H23N3O. The van der Waals surface area contributed by atoms with Gasteiger partial charge < -0.3 is 14.6 Å². The largest absolute Gasteiger partial charge is 0.491 e. The van der Waals surface area contributed by atoms with E-state index < -0.39 is 0 Å². The highest BCUT2D eigenvalue weighted by Gasteiger charge is 2.07. The van der Waals surface area contributed by atoms with Gasteiger partial charge in [0.25, 0.3) is 0 Å². The van der Waals surface area contributed by atoms with E-state index in [1.165, 1.54) is 5.69 Å². The molecule has 0 bridgehead atoms. The van der Waals surface area contributed by atoms with E-state index in [9.17, 15) is 0 Å². The molecule has 4 heteroatoms. The van der Waals surface area contributed by atoms with E-state index in [0.717, 1.165) is 31.0 Å². The maximum atomic E-state index is 5.75. The molecule has 0 aliphatic heterocycles. The molecule has 0 fully saturated rings. The zero-order chi connectivity index (χ0) is 14.4. The van der Waals surface area contributed by atoms with Gasteiger partial charge in [-0.05, 0) is 32.4 Å². The molecule has 0 amide bonds. The zero-order valence-corrected chi connectivity index (χ0v) is 12.5. The number of hydrogen-bond donors (Lipinski definition) is 1. The molecule has 20 heavy (non-hydrogen) atoms. The van der Waals surface area contributed by atoms with Crippen molar-refractivity contribution in [1.82, 2.24) is 9.55 Å². The fraction of sp³-hybridized carbons (Fsp3) is 0.438. The molecule has 0 radical (unpaired) electrons. The minimum absolute atomic E-state index is 0.417. The van der Waals surface area contributed by atoms with E-state index in [2.05, 4.69) is 35.6 Å². The number of aromatic nitrogens is 2. The average molecular weight is 273 g/mol. The first-order valence-electron chi connectivity index (χ1n) is 7.18. The second kappa shape index (κ2) is 6.98. The summed E-state index contributed by atoms with van der Waals surface area (Å²) in [6.45, 7) is 7.90. The highest BCUT2D eigenvalue weighted by Crippen LogP contribution is 2.24. The van der Waals surface area contributed by atoms with Crippen molar-refractivity contribution in [3.05, 3.63) is 42.5 Å². The van der Waals surface area contributed by atoms with Gasteiger partial charge in [-0.1, -0.05) is 19.1 Å². The van der Waals surface area contributed by atoms with Gasteiger partial charge in [-0.25, -0.2) is 4.98 Å². The lowest BCUT2D eigenvalue weighted by molar-refractivity contribution is 0.319. The molecule has 1 heterocycles. The summed E-state index contributed by atoms with van der Waals surface area (Å²) < 4.78 is 7.92. The Morgan fingerprint density at radius 3 is 2.85 bits per heavy atom. The fourth-order valence-electron chi connectivity index (χ4n) is 2.07. The standard InChI is InChI=1S/C16H23N3O/c1-4-9-20-16-8-6-5-7-15(16)18-11-14-10-17-12-19(14)13(2)3/h5-8,10,12-13,18H,4,9,11H2,1-3H3. The van der Waals surface area contributed by atoms with Crippen LogP contribution in [0.4, 0.5) is 5.69 Å². The molecule has 0 unspecified atom stereocenters. The molecule has 1 aromatic heterocycles. The molecule has 0 aliphatic carbocycles. The Hall–Kier alpha value is -1.97. The molecule has 0 saturated carbocycles. The van der Waals surface area contributed by atoms with Crippen molar-refractivity contribution in [2.24, 2.45) is 0 Å². The lowest BCUT2D eigenvalue weighted by atomic mass is 10.2. The third kappa shape index (κ3) is 3.53. The van der Waals surface area contributed by atoms with Gasteiger partial charge in [-0.15, -0.1) is 0 Å². The average Bonchev–Trinajstić information content (AvgIpc) is 2.92. The predicted octanol–water partition coefficient (Wildman–Crippen LogP) is 3.86. The maximum Gasteiger partial charge on any atom is 0.142 e. The van der Waals surface area contributed by atoms with Crippen molar-refractivity contribution in [3.8, 4) is 5.75 Å². The summed E-state index contributed by atoms with van der Waals surface area (Å²) in [4.78, 5) is 4.22. The lowest BCUT2D eigenvalue weighted by Gasteiger charge is -2.15. The summed E-state index contributed by atoms with van der Waals surface area (Å²) in [7, 11) is 0. The van der Waals surface area contributed by atoms with Crippen LogP contribution in [-0.4, -0.2) is 16.2 Å². The SMILES string of the molecule is CCCOc1ccccc1NCc1cncn1C(C)C. The first kappa shape index (κ1) is 14.4. The van der Waals surface area contributed by atoms with Gasteiger partial charge in [-0.3, -0.25) is 0 Å². The number of imidazole rings is 1. The molecular weight excluding hydrogens is 250 g/mol. The summed E-state index contributed by atoms with van der Waals surface area (Å²) in [6, 6.07) is 8.47. The monoisotopic (exact) mass is 273 g/mol. The fourth-order valence-corrected chi connectivity index (χ4v) is 2.07. The number of ether oxygens (including phenoxy) is 1. The Morgan fingerprint density at radius 2 is 2.10 bits per heavy atom. The van der Waals surface area contributed by atoms with Crippen LogP contribution in [0.15, 0.2) is 36.8 Å². The number of hydrogen-bond acceptors (Lipinski definition) is 3. The normalized spacial score (nSPS) is 10.8. The first-order valence-corrected chi connectivity index (χ1v) is 7.18. The predicted molar refractivity (Wildman–Crippen MR) is 82.2 cm³/mol. The Labute approximate surface area is 120 Å². The number of para-hydroxylation sites is 2. The smallest absolute Gasteiger partial charge is 0.142 e. The van der Waals surface area contributed by atoms with Crippen molar-refractivity contribution in [1.29, 1.82) is 0 Å². The van der Waals surface area contributed by atoms with Crippen molar-refractivity contribution in [2.75, 3.05) is 11.9 Å². The van der Waals surface area contributed by atoms with E-state index >= 15 is 0 Å². The number of nitrogens with one attached hydrogen (secondary N) is 1. The minimum Gasteiger partial charge on any atom is -0.491 e. The van der Waals surface area contributed by atoms with Crippen molar-refractivity contribution in [2.45, 2.75) is 39.8 Å². The quantitative estimate of drug-likeness (QED) is 0.832. The summed E-state index contributed by atoms with van der Waals surface area (Å²) in [5.41, 5.74) is 2.20. The van der Waals surface area contributed by atoms with Crippen molar-refractivity contribution >= 4 is 5.69 Å². The molecule has 0 aliphatic rings. The van der Waals surface area contributed by atoms with E-state index in [4.69, 9.17) is 4.74 Å². The Kier molecular flexibility index (Phi) is 5.04. The van der Waals surface area contributed by atoms with Crippen molar-refractivity contribution < 1.29 is 4.74 Å². The Morgan fingerprint density at radius 1 is 1.30 bits per heavy atom. The summed E-state index contributed by atoms with van der Waals surface area (Å²) >= 11 is 0. The molecule has 1 aromatic carbocycles. The Balaban J connectivity index is 2.05. The van der Waals surface area contributed by atoms with E-state index in [-0.39, 0.29) is 0 Å². The van der Waals surface area contributed by atoms with Crippen LogP contribution in [0.2, 0.25) is 0 Å². The number of rotatable bonds is 7. The van der Waals surface area contributed by atoms with Gasteiger partial charge in [0.15, 0.2) is 0 Å². The van der Waals surface area contributed by atoms with Crippen LogP contribution in [-0.2, 0) is 6.54 Å². The molecule has 0 saturated heterocycles. The summed E-state index contributed by atoms with van der Waals surface area (Å²) in [5, 5.41) is 3.43. The topological polar surface area (TPSA) is 39.1 Å². The highest BCUT2D eigenvalue weighted by molar-refractivity contribution is 5.56. The number of nitrogens with zero attached hydrogens (tertiary/aromatic N) is 2. The van der Waals surface area contributed by atoms with E-state index in [0.29, 0.717) is 6.04 Å². The number of anilines is 1. The van der Waals surface area contributed by atoms with Crippen LogP contribution in [0.3, 0.4) is 0 Å².